The molecule has 0 bridgehead atoms. The maximum Gasteiger partial charge on any atom is 0.260 e. The molecule has 0 unspecified atom stereocenters. The van der Waals surface area contributed by atoms with E-state index < -0.39 is 0 Å². The molecule has 0 radical (unpaired) electrons. The normalized spacial score (nSPS) is 10.6. The summed E-state index contributed by atoms with van der Waals surface area (Å²) in [5.41, 5.74) is 1.39. The number of carbonyl (C=O) groups excluding carboxylic acids is 1. The number of hydrogen-bond donors (Lipinski definition) is 0. The van der Waals surface area contributed by atoms with Gasteiger partial charge in [-0.1, -0.05) is 29.0 Å². The van der Waals surface area contributed by atoms with Crippen molar-refractivity contribution < 1.29 is 9.53 Å². The second kappa shape index (κ2) is 8.15. The van der Waals surface area contributed by atoms with E-state index >= 15 is 0 Å². The molecule has 2 aromatic heterocycles. The third kappa shape index (κ3) is 4.19. The molecule has 0 aliphatic carbocycles. The summed E-state index contributed by atoms with van der Waals surface area (Å²) in [6.07, 6.45) is 3.38. The van der Waals surface area contributed by atoms with Gasteiger partial charge in [0.1, 0.15) is 5.01 Å². The zero-order valence-corrected chi connectivity index (χ0v) is 15.0. The first-order valence-corrected chi connectivity index (χ1v) is 8.69. The highest BCUT2D eigenvalue weighted by atomic mass is 35.5. The van der Waals surface area contributed by atoms with Crippen LogP contribution >= 0.6 is 22.9 Å². The van der Waals surface area contributed by atoms with E-state index in [1.807, 2.05) is 12.1 Å². The third-order valence-electron chi connectivity index (χ3n) is 3.41. The Balaban J connectivity index is 1.91. The first kappa shape index (κ1) is 17.5. The number of carbonyl (C=O) groups is 1. The fourth-order valence-electron chi connectivity index (χ4n) is 2.18. The number of hydrogen-bond acceptors (Lipinski definition) is 6. The van der Waals surface area contributed by atoms with Crippen molar-refractivity contribution >= 4 is 34.0 Å². The number of anilines is 1. The molecule has 3 rings (SSSR count). The first-order chi connectivity index (χ1) is 12.2. The van der Waals surface area contributed by atoms with Crippen molar-refractivity contribution in [3.63, 3.8) is 0 Å². The number of aromatic nitrogens is 3. The third-order valence-corrected chi connectivity index (χ3v) is 4.64. The summed E-state index contributed by atoms with van der Waals surface area (Å²) in [6, 6.07) is 10.5. The fourth-order valence-corrected chi connectivity index (χ4v) is 3.24. The molecule has 0 aliphatic rings. The number of rotatable bonds is 6. The van der Waals surface area contributed by atoms with E-state index in [-0.39, 0.29) is 5.91 Å². The molecule has 128 valence electrons. The molecular weight excluding hydrogens is 360 g/mol. The molecule has 1 aromatic carbocycles. The predicted molar refractivity (Wildman–Crippen MR) is 98.1 cm³/mol. The molecule has 25 heavy (non-hydrogen) atoms. The van der Waals surface area contributed by atoms with Crippen molar-refractivity contribution in [3.8, 4) is 10.6 Å². The van der Waals surface area contributed by atoms with Gasteiger partial charge in [-0.25, -0.2) is 0 Å². The molecular formula is C17H15ClN4O2S. The number of methoxy groups -OCH3 is 1. The van der Waals surface area contributed by atoms with Crippen LogP contribution in [0, 0.1) is 0 Å². The SMILES string of the molecule is COCCN(C(=O)c1cccc(Cl)c1)c1nnc(-c2ccncc2)s1. The Kier molecular flexibility index (Phi) is 5.70. The van der Waals surface area contributed by atoms with E-state index in [1.165, 1.54) is 11.3 Å². The Morgan fingerprint density at radius 1 is 1.24 bits per heavy atom. The number of ether oxygens (including phenoxy) is 1. The second-order valence-corrected chi connectivity index (χ2v) is 6.48. The number of pyridine rings is 1. The van der Waals surface area contributed by atoms with Crippen LogP contribution in [0.3, 0.4) is 0 Å². The van der Waals surface area contributed by atoms with Crippen molar-refractivity contribution in [1.82, 2.24) is 15.2 Å². The van der Waals surface area contributed by atoms with Gasteiger partial charge >= 0.3 is 0 Å². The fraction of sp³-hybridized carbons (Fsp3) is 0.176. The lowest BCUT2D eigenvalue weighted by molar-refractivity contribution is 0.0975. The van der Waals surface area contributed by atoms with E-state index in [4.69, 9.17) is 16.3 Å². The monoisotopic (exact) mass is 374 g/mol. The summed E-state index contributed by atoms with van der Waals surface area (Å²) in [6.45, 7) is 0.753. The molecule has 0 spiro atoms. The van der Waals surface area contributed by atoms with Crippen LogP contribution in [-0.4, -0.2) is 41.3 Å². The number of benzene rings is 1. The van der Waals surface area contributed by atoms with Crippen LogP contribution in [0.2, 0.25) is 5.02 Å². The zero-order valence-electron chi connectivity index (χ0n) is 13.4. The van der Waals surface area contributed by atoms with Crippen molar-refractivity contribution in [2.75, 3.05) is 25.2 Å². The largest absolute Gasteiger partial charge is 0.383 e. The van der Waals surface area contributed by atoms with E-state index in [0.29, 0.717) is 28.9 Å². The number of amides is 1. The van der Waals surface area contributed by atoms with Gasteiger partial charge < -0.3 is 4.74 Å². The van der Waals surface area contributed by atoms with Crippen LogP contribution in [0.4, 0.5) is 5.13 Å². The van der Waals surface area contributed by atoms with Gasteiger partial charge in [0.25, 0.3) is 5.91 Å². The minimum absolute atomic E-state index is 0.197. The molecule has 0 aliphatic heterocycles. The van der Waals surface area contributed by atoms with Crippen molar-refractivity contribution in [3.05, 3.63) is 59.4 Å². The molecule has 8 heteroatoms. The topological polar surface area (TPSA) is 68.2 Å². The van der Waals surface area contributed by atoms with E-state index in [0.717, 1.165) is 10.6 Å². The Labute approximate surface area is 154 Å². The molecule has 0 fully saturated rings. The van der Waals surface area contributed by atoms with Crippen LogP contribution in [0.25, 0.3) is 10.6 Å². The molecule has 2 heterocycles. The van der Waals surface area contributed by atoms with Crippen LogP contribution in [0.15, 0.2) is 48.8 Å². The first-order valence-electron chi connectivity index (χ1n) is 7.49. The molecule has 3 aromatic rings. The summed E-state index contributed by atoms with van der Waals surface area (Å²) < 4.78 is 5.12. The van der Waals surface area contributed by atoms with Crippen LogP contribution < -0.4 is 4.90 Å². The Morgan fingerprint density at radius 3 is 2.76 bits per heavy atom. The highest BCUT2D eigenvalue weighted by Gasteiger charge is 2.22. The molecule has 1 amide bonds. The molecule has 0 saturated carbocycles. The van der Waals surface area contributed by atoms with Crippen molar-refractivity contribution in [2.24, 2.45) is 0 Å². The highest BCUT2D eigenvalue weighted by Crippen LogP contribution is 2.29. The Morgan fingerprint density at radius 2 is 2.04 bits per heavy atom. The smallest absolute Gasteiger partial charge is 0.260 e. The van der Waals surface area contributed by atoms with Gasteiger partial charge in [0.2, 0.25) is 5.13 Å². The predicted octanol–water partition coefficient (Wildman–Crippen LogP) is 3.55. The average Bonchev–Trinajstić information content (AvgIpc) is 3.12. The minimum Gasteiger partial charge on any atom is -0.383 e. The lowest BCUT2D eigenvalue weighted by atomic mass is 10.2. The zero-order chi connectivity index (χ0) is 17.6. The number of nitrogens with zero attached hydrogens (tertiary/aromatic N) is 4. The summed E-state index contributed by atoms with van der Waals surface area (Å²) >= 11 is 7.34. The quantitative estimate of drug-likeness (QED) is 0.660. The maximum absolute atomic E-state index is 12.9. The van der Waals surface area contributed by atoms with Gasteiger partial charge in [-0.2, -0.15) is 0 Å². The molecule has 6 nitrogen and oxygen atoms in total. The molecule has 0 saturated heterocycles. The summed E-state index contributed by atoms with van der Waals surface area (Å²) in [7, 11) is 1.59. The van der Waals surface area contributed by atoms with Crippen molar-refractivity contribution in [2.45, 2.75) is 0 Å². The summed E-state index contributed by atoms with van der Waals surface area (Å²) in [5.74, 6) is -0.197. The van der Waals surface area contributed by atoms with Crippen molar-refractivity contribution in [1.29, 1.82) is 0 Å². The Hall–Kier alpha value is -2.35. The van der Waals surface area contributed by atoms with Gasteiger partial charge in [0.05, 0.1) is 13.2 Å². The lowest BCUT2D eigenvalue weighted by Crippen LogP contribution is -2.33. The number of halogens is 1. The molecule has 0 atom stereocenters. The van der Waals surface area contributed by atoms with Crippen LogP contribution in [0.5, 0.6) is 0 Å². The molecule has 0 N–H and O–H groups in total. The van der Waals surface area contributed by atoms with Gasteiger partial charge in [-0.15, -0.1) is 10.2 Å². The second-order valence-electron chi connectivity index (χ2n) is 5.09. The van der Waals surface area contributed by atoms with E-state index in [2.05, 4.69) is 15.2 Å². The van der Waals surface area contributed by atoms with Crippen LogP contribution in [-0.2, 0) is 4.74 Å². The summed E-state index contributed by atoms with van der Waals surface area (Å²) in [5, 5.41) is 10.1. The summed E-state index contributed by atoms with van der Waals surface area (Å²) in [4.78, 5) is 18.4. The highest BCUT2D eigenvalue weighted by molar-refractivity contribution is 7.18. The van der Waals surface area contributed by atoms with E-state index in [9.17, 15) is 4.79 Å². The lowest BCUT2D eigenvalue weighted by Gasteiger charge is -2.19. The minimum atomic E-state index is -0.197. The Bertz CT molecular complexity index is 857. The van der Waals surface area contributed by atoms with Crippen LogP contribution in [0.1, 0.15) is 10.4 Å². The van der Waals surface area contributed by atoms with Gasteiger partial charge in [0.15, 0.2) is 0 Å². The van der Waals surface area contributed by atoms with Gasteiger partial charge in [0, 0.05) is 35.7 Å². The van der Waals surface area contributed by atoms with Gasteiger partial charge in [-0.3, -0.25) is 14.7 Å². The maximum atomic E-state index is 12.9. The van der Waals surface area contributed by atoms with Gasteiger partial charge in [-0.05, 0) is 30.3 Å². The van der Waals surface area contributed by atoms with E-state index in [1.54, 1.807) is 48.7 Å². The average molecular weight is 375 g/mol. The standard InChI is InChI=1S/C17H15ClN4O2S/c1-24-10-9-22(16(23)13-3-2-4-14(18)11-13)17-21-20-15(25-17)12-5-7-19-8-6-12/h2-8,11H,9-10H2,1H3.